The fourth-order valence-corrected chi connectivity index (χ4v) is 2.34. The monoisotopic (exact) mass is 433 g/mol. The molecule has 98 valence electrons. The second kappa shape index (κ2) is 6.47. The Morgan fingerprint density at radius 1 is 1.21 bits per heavy atom. The predicted molar refractivity (Wildman–Crippen MR) is 85.6 cm³/mol. The van der Waals surface area contributed by atoms with Gasteiger partial charge < -0.3 is 5.32 Å². The zero-order valence-corrected chi connectivity index (χ0v) is 13.5. The lowest BCUT2D eigenvalue weighted by Gasteiger charge is -2.08. The van der Waals surface area contributed by atoms with Crippen molar-refractivity contribution in [2.45, 2.75) is 6.42 Å². The number of hydrogen-bond donors (Lipinski definition) is 1. The minimum Gasteiger partial charge on any atom is -0.325 e. The van der Waals surface area contributed by atoms with Crippen LogP contribution in [0.5, 0.6) is 0 Å². The van der Waals surface area contributed by atoms with Gasteiger partial charge in [-0.25, -0.2) is 4.39 Å². The minimum atomic E-state index is -0.331. The van der Waals surface area contributed by atoms with Crippen molar-refractivity contribution in [2.24, 2.45) is 0 Å². The number of rotatable bonds is 3. The Morgan fingerprint density at radius 3 is 2.58 bits per heavy atom. The molecule has 2 nitrogen and oxygen atoms in total. The summed E-state index contributed by atoms with van der Waals surface area (Å²) in [6, 6.07) is 12.1. The van der Waals surface area contributed by atoms with E-state index in [-0.39, 0.29) is 18.1 Å². The topological polar surface area (TPSA) is 29.1 Å². The van der Waals surface area contributed by atoms with Crippen LogP contribution in [0.15, 0.2) is 46.9 Å². The van der Waals surface area contributed by atoms with Crippen LogP contribution < -0.4 is 5.32 Å². The third-order valence-corrected chi connectivity index (χ3v) is 4.13. The molecule has 0 saturated heterocycles. The maximum atomic E-state index is 13.3. The first-order valence-electron chi connectivity index (χ1n) is 5.54. The molecule has 0 fully saturated rings. The molecular weight excluding hydrogens is 424 g/mol. The van der Waals surface area contributed by atoms with Crippen molar-refractivity contribution in [2.75, 3.05) is 5.32 Å². The molecule has 19 heavy (non-hydrogen) atoms. The van der Waals surface area contributed by atoms with Gasteiger partial charge in [0, 0.05) is 4.47 Å². The first kappa shape index (κ1) is 14.5. The van der Waals surface area contributed by atoms with Crippen molar-refractivity contribution in [1.29, 1.82) is 0 Å². The largest absolute Gasteiger partial charge is 0.325 e. The van der Waals surface area contributed by atoms with Crippen LogP contribution in [-0.2, 0) is 11.2 Å². The van der Waals surface area contributed by atoms with Gasteiger partial charge in [0.15, 0.2) is 0 Å². The average Bonchev–Trinajstić information content (AvgIpc) is 2.38. The Labute approximate surface area is 132 Å². The van der Waals surface area contributed by atoms with E-state index in [0.717, 1.165) is 10.0 Å². The molecule has 2 aromatic rings. The normalized spacial score (nSPS) is 10.3. The minimum absolute atomic E-state index is 0.161. The van der Waals surface area contributed by atoms with Crippen LogP contribution in [0, 0.1) is 9.39 Å². The maximum Gasteiger partial charge on any atom is 0.228 e. The molecule has 0 aliphatic rings. The number of carbonyl (C=O) groups excluding carboxylic acids is 1. The molecule has 0 aromatic heterocycles. The third kappa shape index (κ3) is 4.01. The van der Waals surface area contributed by atoms with Crippen LogP contribution in [0.3, 0.4) is 0 Å². The smallest absolute Gasteiger partial charge is 0.228 e. The van der Waals surface area contributed by atoms with Gasteiger partial charge in [0.05, 0.1) is 15.7 Å². The summed E-state index contributed by atoms with van der Waals surface area (Å²) in [6.07, 6.45) is 0.264. The average molecular weight is 434 g/mol. The summed E-state index contributed by atoms with van der Waals surface area (Å²) in [7, 11) is 0. The van der Waals surface area contributed by atoms with Gasteiger partial charge in [-0.1, -0.05) is 34.1 Å². The number of halogens is 3. The van der Waals surface area contributed by atoms with Crippen molar-refractivity contribution in [1.82, 2.24) is 0 Å². The molecule has 1 amide bonds. The molecule has 0 aliphatic heterocycles. The Hall–Kier alpha value is -0.950. The van der Waals surface area contributed by atoms with E-state index < -0.39 is 0 Å². The van der Waals surface area contributed by atoms with E-state index >= 15 is 0 Å². The van der Waals surface area contributed by atoms with Crippen LogP contribution in [-0.4, -0.2) is 5.91 Å². The van der Waals surface area contributed by atoms with E-state index in [9.17, 15) is 9.18 Å². The van der Waals surface area contributed by atoms with Crippen molar-refractivity contribution < 1.29 is 9.18 Å². The molecule has 2 aromatic carbocycles. The van der Waals surface area contributed by atoms with Crippen LogP contribution in [0.2, 0.25) is 0 Å². The van der Waals surface area contributed by atoms with Crippen molar-refractivity contribution in [3.05, 3.63) is 61.9 Å². The predicted octanol–water partition coefficient (Wildman–Crippen LogP) is 4.37. The Balaban J connectivity index is 2.05. The van der Waals surface area contributed by atoms with E-state index in [1.165, 1.54) is 6.07 Å². The quantitative estimate of drug-likeness (QED) is 0.715. The maximum absolute atomic E-state index is 13.3. The zero-order valence-electron chi connectivity index (χ0n) is 9.79. The highest BCUT2D eigenvalue weighted by atomic mass is 127. The number of hydrogen-bond acceptors (Lipinski definition) is 1. The second-order valence-corrected chi connectivity index (χ2v) is 5.95. The molecule has 0 bridgehead atoms. The van der Waals surface area contributed by atoms with E-state index in [0.29, 0.717) is 9.26 Å². The number of anilines is 1. The summed E-state index contributed by atoms with van der Waals surface area (Å²) >= 11 is 5.22. The first-order chi connectivity index (χ1) is 9.06. The SMILES string of the molecule is O=C(Cc1ccc(Br)cc1)Nc1cccc(F)c1I. The van der Waals surface area contributed by atoms with Gasteiger partial charge in [-0.2, -0.15) is 0 Å². The van der Waals surface area contributed by atoms with Gasteiger partial charge in [0.25, 0.3) is 0 Å². The molecule has 0 heterocycles. The fourth-order valence-electron chi connectivity index (χ4n) is 1.58. The molecule has 1 N–H and O–H groups in total. The van der Waals surface area contributed by atoms with Crippen LogP contribution in [0.4, 0.5) is 10.1 Å². The van der Waals surface area contributed by atoms with E-state index in [4.69, 9.17) is 0 Å². The lowest BCUT2D eigenvalue weighted by molar-refractivity contribution is -0.115. The molecule has 0 spiro atoms. The first-order valence-corrected chi connectivity index (χ1v) is 7.42. The molecule has 0 aliphatic carbocycles. The molecule has 2 rings (SSSR count). The van der Waals surface area contributed by atoms with E-state index in [1.807, 2.05) is 46.9 Å². The van der Waals surface area contributed by atoms with Gasteiger partial charge in [-0.05, 0) is 52.4 Å². The standard InChI is InChI=1S/C14H10BrFINO/c15-10-6-4-9(5-7-10)8-13(19)18-12-3-1-2-11(16)14(12)17/h1-7H,8H2,(H,18,19). The summed E-state index contributed by atoms with van der Waals surface area (Å²) in [5, 5.41) is 2.72. The summed E-state index contributed by atoms with van der Waals surface area (Å²) in [5.74, 6) is -0.493. The number of amides is 1. The highest BCUT2D eigenvalue weighted by molar-refractivity contribution is 14.1. The van der Waals surface area contributed by atoms with Crippen molar-refractivity contribution >= 4 is 50.1 Å². The van der Waals surface area contributed by atoms with E-state index in [2.05, 4.69) is 21.2 Å². The highest BCUT2D eigenvalue weighted by Gasteiger charge is 2.09. The van der Waals surface area contributed by atoms with Crippen molar-refractivity contribution in [3.63, 3.8) is 0 Å². The number of carbonyl (C=O) groups is 1. The Morgan fingerprint density at radius 2 is 1.89 bits per heavy atom. The van der Waals surface area contributed by atoms with Gasteiger partial charge in [-0.15, -0.1) is 0 Å². The Kier molecular flexibility index (Phi) is 4.93. The van der Waals surface area contributed by atoms with Gasteiger partial charge in [0.1, 0.15) is 5.82 Å². The van der Waals surface area contributed by atoms with Crippen LogP contribution in [0.1, 0.15) is 5.56 Å². The molecule has 0 atom stereocenters. The second-order valence-electron chi connectivity index (χ2n) is 3.95. The van der Waals surface area contributed by atoms with E-state index in [1.54, 1.807) is 12.1 Å². The lowest BCUT2D eigenvalue weighted by atomic mass is 10.1. The van der Waals surface area contributed by atoms with Gasteiger partial charge >= 0.3 is 0 Å². The highest BCUT2D eigenvalue weighted by Crippen LogP contribution is 2.21. The van der Waals surface area contributed by atoms with Crippen LogP contribution >= 0.6 is 38.5 Å². The zero-order chi connectivity index (χ0) is 13.8. The fraction of sp³-hybridized carbons (Fsp3) is 0.0714. The summed E-state index contributed by atoms with van der Waals surface area (Å²) in [4.78, 5) is 11.9. The summed E-state index contributed by atoms with van der Waals surface area (Å²) in [5.41, 5.74) is 1.41. The lowest BCUT2D eigenvalue weighted by Crippen LogP contribution is -2.15. The summed E-state index contributed by atoms with van der Waals surface area (Å²) in [6.45, 7) is 0. The number of benzene rings is 2. The molecule has 0 radical (unpaired) electrons. The molecular formula is C14H10BrFINO. The van der Waals surface area contributed by atoms with Crippen molar-refractivity contribution in [3.8, 4) is 0 Å². The summed E-state index contributed by atoms with van der Waals surface area (Å²) < 4.78 is 14.7. The Bertz CT molecular complexity index is 601. The van der Waals surface area contributed by atoms with Crippen LogP contribution in [0.25, 0.3) is 0 Å². The number of nitrogens with one attached hydrogen (secondary N) is 1. The molecule has 0 saturated carbocycles. The van der Waals surface area contributed by atoms with Gasteiger partial charge in [0.2, 0.25) is 5.91 Å². The molecule has 5 heteroatoms. The molecule has 0 unspecified atom stereocenters. The van der Waals surface area contributed by atoms with Gasteiger partial charge in [-0.3, -0.25) is 4.79 Å². The third-order valence-electron chi connectivity index (χ3n) is 2.50.